The molecular formula is C29H27ClN4O9. The Morgan fingerprint density at radius 1 is 1.16 bits per heavy atom. The van der Waals surface area contributed by atoms with Crippen molar-refractivity contribution in [3.05, 3.63) is 90.2 Å². The molecule has 1 aromatic carbocycles. The molecule has 2 aromatic rings. The molecule has 13 nitrogen and oxygen atoms in total. The maximum Gasteiger partial charge on any atom is 0.330 e. The number of Topliss-reactive ketones (excluding diaryl/α,β-unsaturated/α-hetero) is 1. The van der Waals surface area contributed by atoms with Gasteiger partial charge in [-0.05, 0) is 23.6 Å². The van der Waals surface area contributed by atoms with E-state index in [4.69, 9.17) is 36.3 Å². The summed E-state index contributed by atoms with van der Waals surface area (Å²) in [5, 5.41) is 10.5. The molecule has 14 heteroatoms. The SMILES string of the molecule is CC(=O)OC[C@H]1O[C@@H](n2cc(C3C(C#N)=C(N)OC4=C3C(=O)CC(c3ccc(Cl)cc3)C4)c(=O)[nH]c2=O)C[C@@H]1OC(C)=O. The van der Waals surface area contributed by atoms with Crippen LogP contribution >= 0.6 is 11.6 Å². The quantitative estimate of drug-likeness (QED) is 0.455. The summed E-state index contributed by atoms with van der Waals surface area (Å²) < 4.78 is 23.1. The predicted molar refractivity (Wildman–Crippen MR) is 148 cm³/mol. The Labute approximate surface area is 249 Å². The number of allylic oxidation sites excluding steroid dienone is 3. The van der Waals surface area contributed by atoms with E-state index in [0.717, 1.165) is 10.1 Å². The van der Waals surface area contributed by atoms with Gasteiger partial charge in [0.05, 0.1) is 5.92 Å². The van der Waals surface area contributed by atoms with Gasteiger partial charge in [-0.1, -0.05) is 23.7 Å². The molecule has 0 spiro atoms. The maximum absolute atomic E-state index is 13.6. The number of halogens is 1. The Hall–Kier alpha value is -4.67. The maximum atomic E-state index is 13.6. The van der Waals surface area contributed by atoms with Crippen molar-refractivity contribution in [2.75, 3.05) is 6.61 Å². The molecule has 0 amide bonds. The highest BCUT2D eigenvalue weighted by molar-refractivity contribution is 6.30. The standard InChI is InChI=1S/C29H27ClN4O9/c1-13(35)40-12-23-21(41-14(2)36)9-24(42-23)34-11-19(28(38)33-29(34)39)25-18(10-31)27(32)43-22-8-16(7-20(37)26(22)25)15-3-5-17(30)6-4-15/h3-6,11,16,21,23-25H,7-9,12,32H2,1-2H3,(H,33,38,39)/t16?,21-,23+,24+,25?/m0/s1. The van der Waals surface area contributed by atoms with Crippen molar-refractivity contribution in [1.82, 2.24) is 9.55 Å². The van der Waals surface area contributed by atoms with Gasteiger partial charge in [0, 0.05) is 55.5 Å². The molecule has 1 aliphatic carbocycles. The van der Waals surface area contributed by atoms with Gasteiger partial charge in [0.15, 0.2) is 5.78 Å². The molecule has 0 saturated carbocycles. The molecule has 3 heterocycles. The van der Waals surface area contributed by atoms with Gasteiger partial charge in [0.2, 0.25) is 5.88 Å². The molecular weight excluding hydrogens is 584 g/mol. The lowest BCUT2D eigenvalue weighted by Crippen LogP contribution is -2.38. The van der Waals surface area contributed by atoms with Crippen LogP contribution in [0.4, 0.5) is 0 Å². The highest BCUT2D eigenvalue weighted by Crippen LogP contribution is 2.46. The lowest BCUT2D eigenvalue weighted by molar-refractivity contribution is -0.155. The zero-order valence-corrected chi connectivity index (χ0v) is 23.9. The third-order valence-corrected chi connectivity index (χ3v) is 7.82. The molecule has 1 saturated heterocycles. The molecule has 3 aliphatic rings. The van der Waals surface area contributed by atoms with E-state index < -0.39 is 47.5 Å². The first-order valence-electron chi connectivity index (χ1n) is 13.4. The van der Waals surface area contributed by atoms with Crippen molar-refractivity contribution in [3.63, 3.8) is 0 Å². The summed E-state index contributed by atoms with van der Waals surface area (Å²) in [5.41, 5.74) is 5.14. The monoisotopic (exact) mass is 610 g/mol. The Balaban J connectivity index is 1.54. The molecule has 3 N–H and O–H groups in total. The molecule has 224 valence electrons. The van der Waals surface area contributed by atoms with Gasteiger partial charge in [-0.2, -0.15) is 5.26 Å². The number of esters is 2. The van der Waals surface area contributed by atoms with Gasteiger partial charge in [-0.3, -0.25) is 28.7 Å². The van der Waals surface area contributed by atoms with Gasteiger partial charge < -0.3 is 24.7 Å². The first kappa shape index (κ1) is 29.8. The second kappa shape index (κ2) is 11.9. The fourth-order valence-electron chi connectivity index (χ4n) is 5.67. The average Bonchev–Trinajstić information content (AvgIpc) is 3.33. The fraction of sp³-hybridized carbons (Fsp3) is 0.379. The Kier molecular flexibility index (Phi) is 8.25. The number of benzene rings is 1. The number of carbonyl (C=O) groups excluding carboxylic acids is 3. The van der Waals surface area contributed by atoms with Crippen LogP contribution in [0.1, 0.15) is 62.3 Å². The molecule has 1 aromatic heterocycles. The van der Waals surface area contributed by atoms with E-state index in [9.17, 15) is 29.2 Å². The lowest BCUT2D eigenvalue weighted by Gasteiger charge is -2.34. The van der Waals surface area contributed by atoms with Crippen LogP contribution in [-0.2, 0) is 33.3 Å². The molecule has 5 atom stereocenters. The third-order valence-electron chi connectivity index (χ3n) is 7.57. The minimum absolute atomic E-state index is 0.0105. The molecule has 5 rings (SSSR count). The molecule has 1 fully saturated rings. The zero-order valence-electron chi connectivity index (χ0n) is 23.1. The molecule has 0 bridgehead atoms. The average molecular weight is 611 g/mol. The van der Waals surface area contributed by atoms with E-state index in [1.165, 1.54) is 20.0 Å². The highest BCUT2D eigenvalue weighted by Gasteiger charge is 2.44. The van der Waals surface area contributed by atoms with E-state index >= 15 is 0 Å². The first-order valence-corrected chi connectivity index (χ1v) is 13.7. The summed E-state index contributed by atoms with van der Waals surface area (Å²) in [4.78, 5) is 65.1. The number of H-pyrrole nitrogens is 1. The Bertz CT molecular complexity index is 1720. The topological polar surface area (TPSA) is 193 Å². The van der Waals surface area contributed by atoms with Gasteiger partial charge in [-0.25, -0.2) is 4.79 Å². The zero-order chi connectivity index (χ0) is 31.0. The number of nitriles is 1. The van der Waals surface area contributed by atoms with E-state index in [0.29, 0.717) is 5.02 Å². The van der Waals surface area contributed by atoms with E-state index in [2.05, 4.69) is 4.98 Å². The molecule has 2 aliphatic heterocycles. The number of aromatic amines is 1. The van der Waals surface area contributed by atoms with Crippen molar-refractivity contribution in [2.24, 2.45) is 5.73 Å². The molecule has 43 heavy (non-hydrogen) atoms. The van der Waals surface area contributed by atoms with Crippen molar-refractivity contribution in [3.8, 4) is 6.07 Å². The molecule has 0 radical (unpaired) electrons. The summed E-state index contributed by atoms with van der Waals surface area (Å²) >= 11 is 6.02. The number of hydrogen-bond acceptors (Lipinski definition) is 11. The largest absolute Gasteiger partial charge is 0.463 e. The fourth-order valence-corrected chi connectivity index (χ4v) is 5.79. The van der Waals surface area contributed by atoms with Crippen LogP contribution in [0.2, 0.25) is 5.02 Å². The van der Waals surface area contributed by atoms with Crippen molar-refractivity contribution in [1.29, 1.82) is 5.26 Å². The minimum Gasteiger partial charge on any atom is -0.463 e. The number of nitrogens with zero attached hydrogens (tertiary/aromatic N) is 2. The predicted octanol–water partition coefficient (Wildman–Crippen LogP) is 2.18. The minimum atomic E-state index is -1.22. The van der Waals surface area contributed by atoms with Crippen molar-refractivity contribution in [2.45, 2.75) is 63.4 Å². The number of carbonyl (C=O) groups is 3. The van der Waals surface area contributed by atoms with Gasteiger partial charge in [0.1, 0.15) is 42.4 Å². The summed E-state index contributed by atoms with van der Waals surface area (Å²) in [6.45, 7) is 2.17. The van der Waals surface area contributed by atoms with Crippen LogP contribution in [0, 0.1) is 11.3 Å². The van der Waals surface area contributed by atoms with E-state index in [1.807, 2.05) is 18.2 Å². The normalized spacial score (nSPS) is 25.1. The number of nitrogens with two attached hydrogens (primary N) is 1. The number of ketones is 1. The van der Waals surface area contributed by atoms with Crippen LogP contribution < -0.4 is 17.0 Å². The van der Waals surface area contributed by atoms with E-state index in [1.54, 1.807) is 12.1 Å². The van der Waals surface area contributed by atoms with Gasteiger partial charge in [-0.15, -0.1) is 0 Å². The van der Waals surface area contributed by atoms with Crippen LogP contribution in [0.5, 0.6) is 0 Å². The second-order valence-corrected chi connectivity index (χ2v) is 10.8. The van der Waals surface area contributed by atoms with Crippen LogP contribution in [0.25, 0.3) is 0 Å². The second-order valence-electron chi connectivity index (χ2n) is 10.4. The summed E-state index contributed by atoms with van der Waals surface area (Å²) in [7, 11) is 0. The number of hydrogen-bond donors (Lipinski definition) is 2. The van der Waals surface area contributed by atoms with Crippen LogP contribution in [0.15, 0.2) is 62.8 Å². The third kappa shape index (κ3) is 5.97. The van der Waals surface area contributed by atoms with Crippen molar-refractivity contribution >= 4 is 29.3 Å². The highest BCUT2D eigenvalue weighted by atomic mass is 35.5. The number of ether oxygens (including phenoxy) is 4. The summed E-state index contributed by atoms with van der Waals surface area (Å²) in [6.07, 6.45) is -1.28. The van der Waals surface area contributed by atoms with E-state index in [-0.39, 0.29) is 65.9 Å². The van der Waals surface area contributed by atoms with Crippen LogP contribution in [0.3, 0.4) is 0 Å². The smallest absolute Gasteiger partial charge is 0.330 e. The lowest BCUT2D eigenvalue weighted by atomic mass is 9.74. The summed E-state index contributed by atoms with van der Waals surface area (Å²) in [5.74, 6) is -3.05. The molecule has 2 unspecified atom stereocenters. The van der Waals surface area contributed by atoms with Gasteiger partial charge in [0.25, 0.3) is 5.56 Å². The summed E-state index contributed by atoms with van der Waals surface area (Å²) in [6, 6.07) is 9.01. The first-order chi connectivity index (χ1) is 20.5. The Morgan fingerprint density at radius 2 is 1.88 bits per heavy atom. The van der Waals surface area contributed by atoms with Crippen molar-refractivity contribution < 1.29 is 33.3 Å². The number of aromatic nitrogens is 2. The van der Waals surface area contributed by atoms with Gasteiger partial charge >= 0.3 is 17.6 Å². The number of rotatable bonds is 6. The van der Waals surface area contributed by atoms with Crippen LogP contribution in [-0.4, -0.2) is 46.1 Å². The Morgan fingerprint density at radius 3 is 2.53 bits per heavy atom. The number of nitrogens with one attached hydrogen (secondary N) is 1.